The number of esters is 2. The Morgan fingerprint density at radius 3 is 2.14 bits per heavy atom. The van der Waals surface area contributed by atoms with Crippen LogP contribution in [-0.4, -0.2) is 53.5 Å². The normalized spacial score (nSPS) is 11.0. The molecule has 4 heterocycles. The lowest BCUT2D eigenvalue weighted by Gasteiger charge is -2.07. The molecule has 0 bridgehead atoms. The van der Waals surface area contributed by atoms with Gasteiger partial charge in [0.1, 0.15) is 5.65 Å². The summed E-state index contributed by atoms with van der Waals surface area (Å²) in [5, 5.41) is 1.45. The number of nitrogens with zero attached hydrogens (tertiary/aromatic N) is 3. The Balaban J connectivity index is 0.000000189. The lowest BCUT2D eigenvalue weighted by atomic mass is 10.2. The van der Waals surface area contributed by atoms with Crippen molar-refractivity contribution in [3.63, 3.8) is 0 Å². The van der Waals surface area contributed by atoms with E-state index in [1.165, 1.54) is 44.9 Å². The fourth-order valence-electron chi connectivity index (χ4n) is 3.30. The molecule has 0 atom stereocenters. The number of nitrogens with one attached hydrogen (secondary N) is 1. The summed E-state index contributed by atoms with van der Waals surface area (Å²) >= 11 is 0. The second kappa shape index (κ2) is 9.77. The van der Waals surface area contributed by atoms with Gasteiger partial charge in [-0.25, -0.2) is 31.9 Å². The van der Waals surface area contributed by atoms with E-state index in [-0.39, 0.29) is 22.1 Å². The molecule has 35 heavy (non-hydrogen) atoms. The Morgan fingerprint density at radius 2 is 1.49 bits per heavy atom. The van der Waals surface area contributed by atoms with Crippen LogP contribution in [-0.2, 0) is 19.5 Å². The average molecular weight is 493 g/mol. The molecule has 1 N–H and O–H groups in total. The molecule has 0 radical (unpaired) electrons. The van der Waals surface area contributed by atoms with E-state index in [9.17, 15) is 18.0 Å². The lowest BCUT2D eigenvalue weighted by Crippen LogP contribution is -2.12. The highest BCUT2D eigenvalue weighted by atomic mass is 32.2. The van der Waals surface area contributed by atoms with Gasteiger partial charge in [-0.3, -0.25) is 0 Å². The standard InChI is InChI=1S/C15H12N2O4S.C9H8N2O2/c1-21-15(18)12-9-11-7-8-17(14(11)16-10-12)22(19,20)13-5-3-2-4-6-13;1-13-9(12)7-4-6-2-3-10-8(6)11-5-7/h2-10H,1H3;2-5H,1H3,(H,10,11). The van der Waals surface area contributed by atoms with Crippen molar-refractivity contribution >= 4 is 44.0 Å². The van der Waals surface area contributed by atoms with Gasteiger partial charge in [0.15, 0.2) is 5.65 Å². The third-order valence-electron chi connectivity index (χ3n) is 5.04. The smallest absolute Gasteiger partial charge is 0.339 e. The minimum atomic E-state index is -3.72. The third-order valence-corrected chi connectivity index (χ3v) is 6.72. The van der Waals surface area contributed by atoms with Crippen molar-refractivity contribution in [3.05, 3.63) is 90.5 Å². The first-order chi connectivity index (χ1) is 16.8. The van der Waals surface area contributed by atoms with E-state index in [1.54, 1.807) is 42.6 Å². The van der Waals surface area contributed by atoms with E-state index in [4.69, 9.17) is 0 Å². The highest BCUT2D eigenvalue weighted by Gasteiger charge is 2.20. The SMILES string of the molecule is COC(=O)c1cnc2[nH]ccc2c1.COC(=O)c1cnc2c(ccn2S(=O)(=O)c2ccccc2)c1. The zero-order valence-corrected chi connectivity index (χ0v) is 19.5. The molecule has 0 aliphatic rings. The number of aromatic amines is 1. The summed E-state index contributed by atoms with van der Waals surface area (Å²) in [5.41, 5.74) is 1.77. The first-order valence-corrected chi connectivity index (χ1v) is 11.7. The number of rotatable bonds is 4. The first-order valence-electron chi connectivity index (χ1n) is 10.2. The van der Waals surface area contributed by atoms with Crippen molar-refractivity contribution < 1.29 is 27.5 Å². The van der Waals surface area contributed by atoms with Crippen LogP contribution >= 0.6 is 0 Å². The van der Waals surface area contributed by atoms with Crippen molar-refractivity contribution in [1.29, 1.82) is 0 Å². The monoisotopic (exact) mass is 492 g/mol. The first kappa shape index (κ1) is 23.6. The summed E-state index contributed by atoms with van der Waals surface area (Å²) in [5.74, 6) is -0.885. The van der Waals surface area contributed by atoms with Gasteiger partial charge in [-0.1, -0.05) is 18.2 Å². The summed E-state index contributed by atoms with van der Waals surface area (Å²) in [6.07, 6.45) is 5.98. The summed E-state index contributed by atoms with van der Waals surface area (Å²) in [4.78, 5) is 33.9. The topological polar surface area (TPSA) is 133 Å². The number of aromatic nitrogens is 4. The second-order valence-electron chi connectivity index (χ2n) is 7.19. The number of pyridine rings is 2. The summed E-state index contributed by atoms with van der Waals surface area (Å²) in [6.45, 7) is 0. The van der Waals surface area contributed by atoms with E-state index in [0.717, 1.165) is 15.0 Å². The van der Waals surface area contributed by atoms with Crippen LogP contribution in [0.2, 0.25) is 0 Å². The minimum Gasteiger partial charge on any atom is -0.465 e. The van der Waals surface area contributed by atoms with E-state index >= 15 is 0 Å². The Hall–Kier alpha value is -4.51. The lowest BCUT2D eigenvalue weighted by molar-refractivity contribution is 0.0591. The number of hydrogen-bond donors (Lipinski definition) is 1. The predicted molar refractivity (Wildman–Crippen MR) is 128 cm³/mol. The van der Waals surface area contributed by atoms with E-state index in [1.807, 2.05) is 6.07 Å². The van der Waals surface area contributed by atoms with Crippen LogP contribution in [0.25, 0.3) is 22.1 Å². The van der Waals surface area contributed by atoms with Crippen molar-refractivity contribution in [2.45, 2.75) is 4.90 Å². The van der Waals surface area contributed by atoms with Crippen molar-refractivity contribution in [3.8, 4) is 0 Å². The minimum absolute atomic E-state index is 0.173. The third kappa shape index (κ3) is 4.75. The zero-order valence-electron chi connectivity index (χ0n) is 18.7. The van der Waals surface area contributed by atoms with Crippen LogP contribution in [0.1, 0.15) is 20.7 Å². The molecule has 11 heteroatoms. The van der Waals surface area contributed by atoms with Crippen molar-refractivity contribution in [1.82, 2.24) is 18.9 Å². The molecule has 5 aromatic rings. The van der Waals surface area contributed by atoms with Crippen LogP contribution in [0.4, 0.5) is 0 Å². The molecular weight excluding hydrogens is 472 g/mol. The number of benzene rings is 1. The van der Waals surface area contributed by atoms with Gasteiger partial charge in [0.25, 0.3) is 10.0 Å². The molecule has 0 amide bonds. The molecule has 0 spiro atoms. The number of carbonyl (C=O) groups excluding carboxylic acids is 2. The van der Waals surface area contributed by atoms with Gasteiger partial charge < -0.3 is 14.5 Å². The number of methoxy groups -OCH3 is 2. The fourth-order valence-corrected chi connectivity index (χ4v) is 4.63. The molecule has 0 saturated carbocycles. The molecule has 4 aromatic heterocycles. The highest BCUT2D eigenvalue weighted by molar-refractivity contribution is 7.90. The van der Waals surface area contributed by atoms with Gasteiger partial charge in [0.05, 0.1) is 30.2 Å². The maximum absolute atomic E-state index is 12.6. The van der Waals surface area contributed by atoms with Gasteiger partial charge in [0.2, 0.25) is 0 Å². The maximum atomic E-state index is 12.6. The summed E-state index contributed by atoms with van der Waals surface area (Å²) < 4.78 is 35.5. The molecule has 1 aromatic carbocycles. The molecular formula is C24H20N4O6S. The average Bonchev–Trinajstić information content (AvgIpc) is 3.55. The van der Waals surface area contributed by atoms with Gasteiger partial charge in [0, 0.05) is 35.6 Å². The molecule has 0 aliphatic heterocycles. The number of carbonyl (C=O) groups is 2. The molecule has 178 valence electrons. The number of fused-ring (bicyclic) bond motifs is 2. The largest absolute Gasteiger partial charge is 0.465 e. The van der Waals surface area contributed by atoms with E-state index < -0.39 is 16.0 Å². The molecule has 0 unspecified atom stereocenters. The van der Waals surface area contributed by atoms with Gasteiger partial charge in [-0.2, -0.15) is 0 Å². The number of hydrogen-bond acceptors (Lipinski definition) is 8. The van der Waals surface area contributed by atoms with Crippen LogP contribution < -0.4 is 0 Å². The van der Waals surface area contributed by atoms with Gasteiger partial charge in [-0.15, -0.1) is 0 Å². The Bertz CT molecular complexity index is 1620. The van der Waals surface area contributed by atoms with Crippen LogP contribution in [0.5, 0.6) is 0 Å². The van der Waals surface area contributed by atoms with Gasteiger partial charge >= 0.3 is 11.9 Å². The van der Waals surface area contributed by atoms with E-state index in [0.29, 0.717) is 10.9 Å². The quantitative estimate of drug-likeness (QED) is 0.377. The maximum Gasteiger partial charge on any atom is 0.339 e. The zero-order chi connectivity index (χ0) is 25.0. The molecule has 0 aliphatic carbocycles. The summed E-state index contributed by atoms with van der Waals surface area (Å²) in [7, 11) is -1.10. The molecule has 0 fully saturated rings. The Kier molecular flexibility index (Phi) is 6.60. The fraction of sp³-hybridized carbons (Fsp3) is 0.0833. The highest BCUT2D eigenvalue weighted by Crippen LogP contribution is 2.21. The summed E-state index contributed by atoms with van der Waals surface area (Å²) in [6, 6.07) is 14.8. The molecule has 0 saturated heterocycles. The van der Waals surface area contributed by atoms with Crippen LogP contribution in [0, 0.1) is 0 Å². The van der Waals surface area contributed by atoms with Crippen LogP contribution in [0.15, 0.2) is 84.3 Å². The Labute approximate surface area is 200 Å². The van der Waals surface area contributed by atoms with Crippen molar-refractivity contribution in [2.24, 2.45) is 0 Å². The van der Waals surface area contributed by atoms with E-state index in [2.05, 4.69) is 24.4 Å². The van der Waals surface area contributed by atoms with Gasteiger partial charge in [-0.05, 0) is 36.4 Å². The molecule has 10 nitrogen and oxygen atoms in total. The Morgan fingerprint density at radius 1 is 0.857 bits per heavy atom. The predicted octanol–water partition coefficient (Wildman–Crippen LogP) is 3.41. The second-order valence-corrected chi connectivity index (χ2v) is 9.00. The van der Waals surface area contributed by atoms with Crippen molar-refractivity contribution in [2.75, 3.05) is 14.2 Å². The number of ether oxygens (including phenoxy) is 2. The van der Waals surface area contributed by atoms with Crippen LogP contribution in [0.3, 0.4) is 0 Å². The molecule has 5 rings (SSSR count). The number of H-pyrrole nitrogens is 1.